The second kappa shape index (κ2) is 7.83. The van der Waals surface area contributed by atoms with Gasteiger partial charge in [-0.05, 0) is 24.1 Å². The fourth-order valence-electron chi connectivity index (χ4n) is 5.33. The van der Waals surface area contributed by atoms with Crippen molar-refractivity contribution in [3.63, 3.8) is 0 Å². The van der Waals surface area contributed by atoms with E-state index in [1.807, 2.05) is 0 Å². The molecular formula is C23H19Cl2N3O5. The Balaban J connectivity index is 1.60. The standard InChI is InChI=1S/C23H19Cl2N3O5/c24-13-6-2-1-4-11(13)10-28-20(31)17-15(8-9-16(29)30)27-23(18(17)21(28)32)12-5-3-7-14(25)19(12)26-22(23)33/h1-7,15,17-18,27H,8-10H2,(H,26,33)(H,29,30)/t15?,17-,18+,23?/m0/s1. The van der Waals surface area contributed by atoms with Crippen LogP contribution in [0.4, 0.5) is 5.69 Å². The number of rotatable bonds is 5. The zero-order chi connectivity index (χ0) is 23.5. The topological polar surface area (TPSA) is 116 Å². The highest BCUT2D eigenvalue weighted by Gasteiger charge is 2.70. The van der Waals surface area contributed by atoms with Crippen LogP contribution in [0.3, 0.4) is 0 Å². The number of imide groups is 1. The normalized spacial score (nSPS) is 27.8. The molecule has 0 bridgehead atoms. The van der Waals surface area contributed by atoms with Gasteiger partial charge in [-0.1, -0.05) is 53.5 Å². The lowest BCUT2D eigenvalue weighted by Crippen LogP contribution is -2.53. The minimum absolute atomic E-state index is 0.0317. The Morgan fingerprint density at radius 1 is 1.03 bits per heavy atom. The number of likely N-dealkylation sites (tertiary alicyclic amines) is 1. The first-order valence-electron chi connectivity index (χ1n) is 10.4. The monoisotopic (exact) mass is 487 g/mol. The van der Waals surface area contributed by atoms with Crippen molar-refractivity contribution in [3.05, 3.63) is 63.6 Å². The van der Waals surface area contributed by atoms with E-state index in [1.165, 1.54) is 0 Å². The molecule has 2 saturated heterocycles. The van der Waals surface area contributed by atoms with E-state index in [0.29, 0.717) is 26.9 Å². The lowest BCUT2D eigenvalue weighted by molar-refractivity contribution is -0.144. The molecule has 0 radical (unpaired) electrons. The van der Waals surface area contributed by atoms with E-state index in [2.05, 4.69) is 10.6 Å². The molecule has 2 aromatic rings. The van der Waals surface area contributed by atoms with E-state index in [1.54, 1.807) is 42.5 Å². The van der Waals surface area contributed by atoms with Crippen LogP contribution in [0.15, 0.2) is 42.5 Å². The van der Waals surface area contributed by atoms with Crippen LogP contribution in [0.5, 0.6) is 0 Å². The number of benzene rings is 2. The Bertz CT molecular complexity index is 1220. The summed E-state index contributed by atoms with van der Waals surface area (Å²) < 4.78 is 0. The maximum Gasteiger partial charge on any atom is 0.303 e. The predicted molar refractivity (Wildman–Crippen MR) is 120 cm³/mol. The highest BCUT2D eigenvalue weighted by Crippen LogP contribution is 2.54. The molecule has 170 valence electrons. The number of halogens is 2. The average Bonchev–Trinajstić information content (AvgIpc) is 3.35. The number of hydrogen-bond donors (Lipinski definition) is 3. The van der Waals surface area contributed by atoms with Gasteiger partial charge in [0, 0.05) is 23.0 Å². The Hall–Kier alpha value is -2.94. The Labute approximate surface area is 198 Å². The minimum Gasteiger partial charge on any atom is -0.481 e. The number of amides is 3. The number of nitrogens with zero attached hydrogens (tertiary/aromatic N) is 1. The highest BCUT2D eigenvalue weighted by molar-refractivity contribution is 6.35. The van der Waals surface area contributed by atoms with Gasteiger partial charge in [0.1, 0.15) is 5.54 Å². The van der Waals surface area contributed by atoms with Crippen molar-refractivity contribution in [2.45, 2.75) is 31.0 Å². The molecule has 3 aliphatic rings. The SMILES string of the molecule is O=C(O)CCC1NC2(C(=O)Nc3c(Cl)cccc32)[C@H]2C(=O)N(Cc3ccccc3Cl)C(=O)[C@@H]12. The first-order valence-corrected chi connectivity index (χ1v) is 11.2. The largest absolute Gasteiger partial charge is 0.481 e. The van der Waals surface area contributed by atoms with Gasteiger partial charge in [0.15, 0.2) is 0 Å². The Kier molecular flexibility index (Phi) is 5.19. The third-order valence-electron chi connectivity index (χ3n) is 6.75. The lowest BCUT2D eigenvalue weighted by atomic mass is 9.76. The molecule has 0 saturated carbocycles. The van der Waals surface area contributed by atoms with Gasteiger partial charge in [0.2, 0.25) is 17.7 Å². The molecule has 0 aromatic heterocycles. The number of carbonyl (C=O) groups excluding carboxylic acids is 3. The molecule has 3 heterocycles. The molecule has 33 heavy (non-hydrogen) atoms. The van der Waals surface area contributed by atoms with Crippen LogP contribution in [0.25, 0.3) is 0 Å². The summed E-state index contributed by atoms with van der Waals surface area (Å²) >= 11 is 12.6. The molecule has 0 aliphatic carbocycles. The number of para-hydroxylation sites is 1. The fourth-order valence-corrected chi connectivity index (χ4v) is 5.75. The van der Waals surface area contributed by atoms with Crippen molar-refractivity contribution < 1.29 is 24.3 Å². The van der Waals surface area contributed by atoms with Crippen molar-refractivity contribution in [2.75, 3.05) is 5.32 Å². The molecule has 3 amide bonds. The third kappa shape index (κ3) is 3.16. The number of hydrogen-bond acceptors (Lipinski definition) is 5. The molecule has 8 nitrogen and oxygen atoms in total. The van der Waals surface area contributed by atoms with Crippen LogP contribution >= 0.6 is 23.2 Å². The van der Waals surface area contributed by atoms with Gasteiger partial charge in [-0.2, -0.15) is 0 Å². The van der Waals surface area contributed by atoms with Crippen LogP contribution in [0.1, 0.15) is 24.0 Å². The zero-order valence-corrected chi connectivity index (χ0v) is 18.7. The molecule has 2 aromatic carbocycles. The number of fused-ring (bicyclic) bond motifs is 4. The summed E-state index contributed by atoms with van der Waals surface area (Å²) in [4.78, 5) is 52.9. The molecule has 3 N–H and O–H groups in total. The van der Waals surface area contributed by atoms with Crippen LogP contribution < -0.4 is 10.6 Å². The second-order valence-corrected chi connectivity index (χ2v) is 9.28. The Morgan fingerprint density at radius 2 is 1.76 bits per heavy atom. The minimum atomic E-state index is -1.52. The second-order valence-electron chi connectivity index (χ2n) is 8.47. The van der Waals surface area contributed by atoms with E-state index in [-0.39, 0.29) is 19.4 Å². The third-order valence-corrected chi connectivity index (χ3v) is 7.43. The summed E-state index contributed by atoms with van der Waals surface area (Å²) in [5, 5.41) is 15.9. The molecule has 3 aliphatic heterocycles. The van der Waals surface area contributed by atoms with Gasteiger partial charge in [-0.15, -0.1) is 0 Å². The smallest absolute Gasteiger partial charge is 0.303 e. The van der Waals surface area contributed by atoms with Gasteiger partial charge in [-0.3, -0.25) is 29.4 Å². The highest BCUT2D eigenvalue weighted by atomic mass is 35.5. The van der Waals surface area contributed by atoms with Crippen molar-refractivity contribution in [1.29, 1.82) is 0 Å². The average molecular weight is 488 g/mol. The molecule has 10 heteroatoms. The van der Waals surface area contributed by atoms with Gasteiger partial charge in [-0.25, -0.2) is 0 Å². The number of carboxylic acids is 1. The van der Waals surface area contributed by atoms with Crippen LogP contribution in [-0.2, 0) is 31.3 Å². The zero-order valence-electron chi connectivity index (χ0n) is 17.2. The van der Waals surface area contributed by atoms with E-state index in [9.17, 15) is 24.3 Å². The summed E-state index contributed by atoms with van der Waals surface area (Å²) in [5.41, 5.74) is -0.0484. The summed E-state index contributed by atoms with van der Waals surface area (Å²) in [6.07, 6.45) is -0.132. The molecule has 5 rings (SSSR count). The molecule has 1 spiro atoms. The summed E-state index contributed by atoms with van der Waals surface area (Å²) in [6, 6.07) is 11.2. The summed E-state index contributed by atoms with van der Waals surface area (Å²) in [7, 11) is 0. The first-order chi connectivity index (χ1) is 15.8. The van der Waals surface area contributed by atoms with Gasteiger partial charge >= 0.3 is 5.97 Å². The Morgan fingerprint density at radius 3 is 2.48 bits per heavy atom. The number of carbonyl (C=O) groups is 4. The van der Waals surface area contributed by atoms with Gasteiger partial charge in [0.25, 0.3) is 0 Å². The van der Waals surface area contributed by atoms with E-state index >= 15 is 0 Å². The number of aliphatic carboxylic acids is 1. The first kappa shape index (κ1) is 21.9. The quantitative estimate of drug-likeness (QED) is 0.558. The van der Waals surface area contributed by atoms with Crippen LogP contribution in [-0.4, -0.2) is 39.7 Å². The van der Waals surface area contributed by atoms with Crippen molar-refractivity contribution in [3.8, 4) is 0 Å². The fraction of sp³-hybridized carbons (Fsp3) is 0.304. The van der Waals surface area contributed by atoms with Crippen LogP contribution in [0.2, 0.25) is 10.0 Å². The maximum atomic E-state index is 13.7. The summed E-state index contributed by atoms with van der Waals surface area (Å²) in [5.74, 6) is -4.40. The number of nitrogens with one attached hydrogen (secondary N) is 2. The van der Waals surface area contributed by atoms with Crippen LogP contribution in [0, 0.1) is 11.8 Å². The van der Waals surface area contributed by atoms with E-state index in [4.69, 9.17) is 23.2 Å². The van der Waals surface area contributed by atoms with Crippen molar-refractivity contribution >= 4 is 52.6 Å². The van der Waals surface area contributed by atoms with Gasteiger partial charge in [0.05, 0.1) is 29.1 Å². The number of anilines is 1. The molecule has 2 fully saturated rings. The van der Waals surface area contributed by atoms with E-state index < -0.39 is 47.1 Å². The summed E-state index contributed by atoms with van der Waals surface area (Å²) in [6.45, 7) is -0.0317. The maximum absolute atomic E-state index is 13.7. The van der Waals surface area contributed by atoms with Crippen molar-refractivity contribution in [1.82, 2.24) is 10.2 Å². The number of carboxylic acid groups (broad SMARTS) is 1. The molecular weight excluding hydrogens is 469 g/mol. The van der Waals surface area contributed by atoms with E-state index in [0.717, 1.165) is 4.90 Å². The lowest BCUT2D eigenvalue weighted by Gasteiger charge is -2.29. The van der Waals surface area contributed by atoms with Crippen molar-refractivity contribution in [2.24, 2.45) is 11.8 Å². The molecule has 2 unspecified atom stereocenters. The van der Waals surface area contributed by atoms with Gasteiger partial charge < -0.3 is 10.4 Å². The predicted octanol–water partition coefficient (Wildman–Crippen LogP) is 2.78. The molecule has 4 atom stereocenters.